The normalized spacial score (nSPS) is 15.6. The van der Waals surface area contributed by atoms with Gasteiger partial charge in [-0.15, -0.1) is 11.3 Å². The Balaban J connectivity index is 1.66. The van der Waals surface area contributed by atoms with E-state index < -0.39 is 0 Å². The molecule has 1 saturated heterocycles. The van der Waals surface area contributed by atoms with E-state index in [2.05, 4.69) is 20.7 Å². The first-order valence-corrected chi connectivity index (χ1v) is 11.0. The molecule has 1 aliphatic rings. The summed E-state index contributed by atoms with van der Waals surface area (Å²) < 4.78 is 14.7. The molecule has 1 aliphatic heterocycles. The van der Waals surface area contributed by atoms with Gasteiger partial charge >= 0.3 is 0 Å². The maximum absolute atomic E-state index is 14.7. The number of thiazole rings is 1. The Kier molecular flexibility index (Phi) is 7.44. The van der Waals surface area contributed by atoms with Gasteiger partial charge in [-0.05, 0) is 44.4 Å². The molecule has 0 saturated carbocycles. The lowest BCUT2D eigenvalue weighted by molar-refractivity contribution is 0.145. The number of nitrogens with one attached hydrogen (secondary N) is 1. The molecule has 6 nitrogen and oxygen atoms in total. The Morgan fingerprint density at radius 3 is 2.79 bits per heavy atom. The first kappa shape index (κ1) is 21.5. The maximum atomic E-state index is 14.7. The highest BCUT2D eigenvalue weighted by atomic mass is 32.1. The number of hydrogen-bond acceptors (Lipinski definition) is 5. The molecule has 0 spiro atoms. The SMILES string of the molecule is CCNC(=NCc1ccc(N2CCC(O)CC2)c(F)c1)N(C)Cc1csc(C)n1. The lowest BCUT2D eigenvalue weighted by Crippen LogP contribution is -2.38. The summed E-state index contributed by atoms with van der Waals surface area (Å²) in [6.07, 6.45) is 1.10. The predicted octanol–water partition coefficient (Wildman–Crippen LogP) is 3.15. The summed E-state index contributed by atoms with van der Waals surface area (Å²) in [5.74, 6) is 0.540. The molecule has 1 fully saturated rings. The van der Waals surface area contributed by atoms with Gasteiger partial charge in [0.25, 0.3) is 0 Å². The van der Waals surface area contributed by atoms with E-state index in [-0.39, 0.29) is 11.9 Å². The van der Waals surface area contributed by atoms with Crippen LogP contribution in [0.25, 0.3) is 0 Å². The van der Waals surface area contributed by atoms with E-state index in [1.54, 1.807) is 17.4 Å². The number of piperidine rings is 1. The highest BCUT2D eigenvalue weighted by molar-refractivity contribution is 7.09. The molecule has 0 unspecified atom stereocenters. The zero-order valence-electron chi connectivity index (χ0n) is 17.4. The molecule has 0 bridgehead atoms. The molecule has 158 valence electrons. The molecule has 0 amide bonds. The first-order valence-electron chi connectivity index (χ1n) is 10.1. The van der Waals surface area contributed by atoms with Crippen LogP contribution in [0.2, 0.25) is 0 Å². The second-order valence-corrected chi connectivity index (χ2v) is 8.45. The number of aromatic nitrogens is 1. The van der Waals surface area contributed by atoms with Crippen LogP contribution in [0.1, 0.15) is 36.0 Å². The van der Waals surface area contributed by atoms with Crippen molar-refractivity contribution in [2.24, 2.45) is 4.99 Å². The lowest BCUT2D eigenvalue weighted by atomic mass is 10.1. The van der Waals surface area contributed by atoms with Crippen LogP contribution in [0.5, 0.6) is 0 Å². The van der Waals surface area contributed by atoms with Crippen LogP contribution in [0.3, 0.4) is 0 Å². The van der Waals surface area contributed by atoms with E-state index in [0.29, 0.717) is 44.7 Å². The van der Waals surface area contributed by atoms with Gasteiger partial charge in [-0.2, -0.15) is 0 Å². The third-order valence-electron chi connectivity index (χ3n) is 4.99. The number of benzene rings is 1. The number of nitrogens with zero attached hydrogens (tertiary/aromatic N) is 4. The predicted molar refractivity (Wildman–Crippen MR) is 117 cm³/mol. The number of hydrogen-bond donors (Lipinski definition) is 2. The fourth-order valence-electron chi connectivity index (χ4n) is 3.45. The van der Waals surface area contributed by atoms with E-state index in [9.17, 15) is 9.50 Å². The topological polar surface area (TPSA) is 64.0 Å². The molecule has 8 heteroatoms. The Bertz CT molecular complexity index is 832. The number of halogens is 1. The van der Waals surface area contributed by atoms with Crippen molar-refractivity contribution in [2.75, 3.05) is 31.6 Å². The summed E-state index contributed by atoms with van der Waals surface area (Å²) in [4.78, 5) is 13.2. The van der Waals surface area contributed by atoms with Crippen LogP contribution in [-0.4, -0.2) is 53.7 Å². The minimum atomic E-state index is -0.266. The summed E-state index contributed by atoms with van der Waals surface area (Å²) >= 11 is 1.64. The van der Waals surface area contributed by atoms with Crippen molar-refractivity contribution in [3.63, 3.8) is 0 Å². The molecule has 2 N–H and O–H groups in total. The number of aliphatic hydroxyl groups excluding tert-OH is 1. The van der Waals surface area contributed by atoms with Gasteiger partial charge in [0.15, 0.2) is 5.96 Å². The Morgan fingerprint density at radius 2 is 2.17 bits per heavy atom. The summed E-state index contributed by atoms with van der Waals surface area (Å²) in [7, 11) is 1.98. The average Bonchev–Trinajstić information content (AvgIpc) is 3.10. The van der Waals surface area contributed by atoms with E-state index in [4.69, 9.17) is 0 Å². The molecule has 29 heavy (non-hydrogen) atoms. The standard InChI is InChI=1S/C21H30FN5OS/c1-4-23-21(26(3)13-17-14-29-15(2)25-17)24-12-16-5-6-20(19(22)11-16)27-9-7-18(28)8-10-27/h5-6,11,14,18,28H,4,7-10,12-13H2,1-3H3,(H,23,24). The van der Waals surface area contributed by atoms with Crippen LogP contribution in [0.4, 0.5) is 10.1 Å². The van der Waals surface area contributed by atoms with Crippen LogP contribution in [0, 0.1) is 12.7 Å². The fourth-order valence-corrected chi connectivity index (χ4v) is 4.05. The molecule has 0 atom stereocenters. The second kappa shape index (κ2) is 10.0. The van der Waals surface area contributed by atoms with Gasteiger partial charge in [-0.1, -0.05) is 6.07 Å². The number of rotatable bonds is 6. The minimum Gasteiger partial charge on any atom is -0.393 e. The number of aliphatic hydroxyl groups is 1. The first-order chi connectivity index (χ1) is 14.0. The Morgan fingerprint density at radius 1 is 1.41 bits per heavy atom. The van der Waals surface area contributed by atoms with Crippen LogP contribution < -0.4 is 10.2 Å². The zero-order chi connectivity index (χ0) is 20.8. The van der Waals surface area contributed by atoms with Gasteiger partial charge in [-0.25, -0.2) is 14.4 Å². The second-order valence-electron chi connectivity index (χ2n) is 7.39. The summed E-state index contributed by atoms with van der Waals surface area (Å²) in [6, 6.07) is 5.32. The number of aryl methyl sites for hydroxylation is 1. The van der Waals surface area contributed by atoms with E-state index in [0.717, 1.165) is 28.8 Å². The summed E-state index contributed by atoms with van der Waals surface area (Å²) in [5, 5.41) is 16.0. The fraction of sp³-hybridized carbons (Fsp3) is 0.524. The van der Waals surface area contributed by atoms with Crippen LogP contribution in [0.15, 0.2) is 28.6 Å². The van der Waals surface area contributed by atoms with E-state index >= 15 is 0 Å². The van der Waals surface area contributed by atoms with Crippen molar-refractivity contribution in [2.45, 2.75) is 45.9 Å². The zero-order valence-corrected chi connectivity index (χ0v) is 18.2. The molecule has 0 aliphatic carbocycles. The van der Waals surface area contributed by atoms with Gasteiger partial charge in [-0.3, -0.25) is 0 Å². The van der Waals surface area contributed by atoms with Gasteiger partial charge in [0.05, 0.1) is 35.6 Å². The molecule has 2 heterocycles. The molecule has 1 aromatic carbocycles. The van der Waals surface area contributed by atoms with E-state index in [1.165, 1.54) is 0 Å². The van der Waals surface area contributed by atoms with Crippen molar-refractivity contribution < 1.29 is 9.50 Å². The van der Waals surface area contributed by atoms with Gasteiger partial charge in [0.2, 0.25) is 0 Å². The largest absolute Gasteiger partial charge is 0.393 e. The summed E-state index contributed by atoms with van der Waals surface area (Å²) in [5.41, 5.74) is 2.45. The van der Waals surface area contributed by atoms with Crippen LogP contribution >= 0.6 is 11.3 Å². The van der Waals surface area contributed by atoms with Crippen LogP contribution in [-0.2, 0) is 13.1 Å². The third-order valence-corrected chi connectivity index (χ3v) is 5.81. The molecular weight excluding hydrogens is 389 g/mol. The molecule has 2 aromatic rings. The monoisotopic (exact) mass is 419 g/mol. The third kappa shape index (κ3) is 5.90. The Hall–Kier alpha value is -2.19. The van der Waals surface area contributed by atoms with Crippen molar-refractivity contribution in [3.8, 4) is 0 Å². The lowest BCUT2D eigenvalue weighted by Gasteiger charge is -2.31. The highest BCUT2D eigenvalue weighted by Crippen LogP contribution is 2.24. The van der Waals surface area contributed by atoms with Crippen molar-refractivity contribution in [1.29, 1.82) is 0 Å². The van der Waals surface area contributed by atoms with Gasteiger partial charge in [0.1, 0.15) is 5.82 Å². The molecular formula is C21H30FN5OS. The minimum absolute atomic E-state index is 0.231. The van der Waals surface area contributed by atoms with Gasteiger partial charge < -0.3 is 20.2 Å². The summed E-state index contributed by atoms with van der Waals surface area (Å²) in [6.45, 7) is 7.22. The molecule has 1 aromatic heterocycles. The maximum Gasteiger partial charge on any atom is 0.194 e. The van der Waals surface area contributed by atoms with Crippen molar-refractivity contribution >= 4 is 23.0 Å². The van der Waals surface area contributed by atoms with Gasteiger partial charge in [0, 0.05) is 32.1 Å². The van der Waals surface area contributed by atoms with Crippen molar-refractivity contribution in [3.05, 3.63) is 45.7 Å². The van der Waals surface area contributed by atoms with E-state index in [1.807, 2.05) is 42.8 Å². The van der Waals surface area contributed by atoms with Crippen molar-refractivity contribution in [1.82, 2.24) is 15.2 Å². The Labute approximate surface area is 176 Å². The smallest absolute Gasteiger partial charge is 0.194 e. The number of aliphatic imine (C=N–C) groups is 1. The number of anilines is 1. The molecule has 3 rings (SSSR count). The molecule has 0 radical (unpaired) electrons. The number of guanidine groups is 1. The average molecular weight is 420 g/mol. The quantitative estimate of drug-likeness (QED) is 0.556. The highest BCUT2D eigenvalue weighted by Gasteiger charge is 2.19.